The summed E-state index contributed by atoms with van der Waals surface area (Å²) in [6.45, 7) is 5.70. The molecule has 7 heteroatoms. The van der Waals surface area contributed by atoms with E-state index in [0.29, 0.717) is 24.6 Å². The van der Waals surface area contributed by atoms with Gasteiger partial charge < -0.3 is 24.6 Å². The lowest BCUT2D eigenvalue weighted by molar-refractivity contribution is -0.862. The zero-order valence-corrected chi connectivity index (χ0v) is 19.0. The fraction of sp³-hybridized carbons (Fsp3) is 0.417. The Morgan fingerprint density at radius 3 is 2.42 bits per heavy atom. The quantitative estimate of drug-likeness (QED) is 0.701. The molecule has 1 atom stereocenters. The summed E-state index contributed by atoms with van der Waals surface area (Å²) in [7, 11) is 5.10. The number of likely N-dealkylation sites (N-methyl/N-ethyl adjacent to an activating group) is 1. The number of anilines is 1. The molecule has 1 unspecified atom stereocenters. The van der Waals surface area contributed by atoms with Crippen molar-refractivity contribution in [2.45, 2.75) is 26.8 Å². The molecule has 0 aromatic heterocycles. The van der Waals surface area contributed by atoms with Crippen LogP contribution < -0.4 is 19.7 Å². The van der Waals surface area contributed by atoms with Crippen molar-refractivity contribution < 1.29 is 24.0 Å². The van der Waals surface area contributed by atoms with E-state index in [4.69, 9.17) is 9.47 Å². The maximum Gasteiger partial charge on any atom is 0.279 e. The molecule has 0 radical (unpaired) electrons. The van der Waals surface area contributed by atoms with E-state index in [9.17, 15) is 9.59 Å². The number of carbonyl (C=O) groups excluding carboxylic acids is 2. The van der Waals surface area contributed by atoms with E-state index in [1.165, 1.54) is 5.56 Å². The Bertz CT molecular complexity index is 974. The minimum atomic E-state index is -0.0974. The van der Waals surface area contributed by atoms with Crippen LogP contribution in [0, 0.1) is 13.8 Å². The first-order valence-electron chi connectivity index (χ1n) is 10.5. The first-order valence-corrected chi connectivity index (χ1v) is 10.5. The lowest BCUT2D eigenvalue weighted by Gasteiger charge is -2.30. The number of benzene rings is 2. The van der Waals surface area contributed by atoms with Crippen molar-refractivity contribution in [3.05, 3.63) is 52.6 Å². The SMILES string of the molecule is COc1cc2c(cc1OC)CN(C(=O)C[NH+](C)CC(=O)Nc1cccc(C)c1C)CC2. The molecule has 1 heterocycles. The normalized spacial score (nSPS) is 13.9. The van der Waals surface area contributed by atoms with Crippen molar-refractivity contribution in [3.63, 3.8) is 0 Å². The maximum atomic E-state index is 12.9. The van der Waals surface area contributed by atoms with Gasteiger partial charge in [0.2, 0.25) is 0 Å². The predicted octanol–water partition coefficient (Wildman–Crippen LogP) is 1.36. The third kappa shape index (κ3) is 5.35. The van der Waals surface area contributed by atoms with E-state index in [1.54, 1.807) is 14.2 Å². The fourth-order valence-electron chi connectivity index (χ4n) is 3.88. The van der Waals surface area contributed by atoms with Crippen LogP contribution in [0.5, 0.6) is 11.5 Å². The van der Waals surface area contributed by atoms with Crippen LogP contribution in [0.2, 0.25) is 0 Å². The summed E-state index contributed by atoms with van der Waals surface area (Å²) in [4.78, 5) is 28.0. The first kappa shape index (κ1) is 22.6. The van der Waals surface area contributed by atoms with Crippen molar-refractivity contribution in [1.82, 2.24) is 4.90 Å². The number of hydrogen-bond acceptors (Lipinski definition) is 4. The summed E-state index contributed by atoms with van der Waals surface area (Å²) in [5.41, 5.74) is 5.26. The largest absolute Gasteiger partial charge is 0.493 e. The zero-order chi connectivity index (χ0) is 22.5. The first-order chi connectivity index (χ1) is 14.8. The van der Waals surface area contributed by atoms with E-state index >= 15 is 0 Å². The number of amides is 2. The second-order valence-electron chi connectivity index (χ2n) is 8.15. The number of hydrogen-bond donors (Lipinski definition) is 2. The number of quaternary nitrogens is 1. The Balaban J connectivity index is 1.56. The van der Waals surface area contributed by atoms with Gasteiger partial charge in [-0.2, -0.15) is 0 Å². The molecule has 1 aliphatic heterocycles. The van der Waals surface area contributed by atoms with Gasteiger partial charge in [-0.15, -0.1) is 0 Å². The Kier molecular flexibility index (Phi) is 7.17. The Hall–Kier alpha value is -3.06. The summed E-state index contributed by atoms with van der Waals surface area (Å²) in [5.74, 6) is 1.32. The molecule has 0 saturated carbocycles. The zero-order valence-electron chi connectivity index (χ0n) is 19.0. The molecule has 2 N–H and O–H groups in total. The molecule has 0 spiro atoms. The van der Waals surface area contributed by atoms with Crippen molar-refractivity contribution in [2.75, 3.05) is 46.2 Å². The molecule has 7 nitrogen and oxygen atoms in total. The van der Waals surface area contributed by atoms with Gasteiger partial charge in [0.15, 0.2) is 24.6 Å². The number of nitrogens with one attached hydrogen (secondary N) is 2. The molecule has 3 rings (SSSR count). The second kappa shape index (κ2) is 9.83. The highest BCUT2D eigenvalue weighted by Crippen LogP contribution is 2.33. The van der Waals surface area contributed by atoms with Gasteiger partial charge in [0.25, 0.3) is 11.8 Å². The van der Waals surface area contributed by atoms with Crippen LogP contribution in [0.1, 0.15) is 22.3 Å². The van der Waals surface area contributed by atoms with Gasteiger partial charge in [-0.25, -0.2) is 0 Å². The topological polar surface area (TPSA) is 72.3 Å². The number of nitrogens with zero attached hydrogens (tertiary/aromatic N) is 1. The molecule has 2 aromatic carbocycles. The maximum absolute atomic E-state index is 12.9. The summed E-state index contributed by atoms with van der Waals surface area (Å²) in [5, 5.41) is 2.96. The number of aryl methyl sites for hydroxylation is 1. The third-order valence-corrected chi connectivity index (χ3v) is 5.86. The van der Waals surface area contributed by atoms with E-state index in [2.05, 4.69) is 5.32 Å². The lowest BCUT2D eigenvalue weighted by Crippen LogP contribution is -3.11. The second-order valence-corrected chi connectivity index (χ2v) is 8.15. The van der Waals surface area contributed by atoms with Gasteiger partial charge >= 0.3 is 0 Å². The molecule has 0 bridgehead atoms. The fourth-order valence-corrected chi connectivity index (χ4v) is 3.88. The van der Waals surface area contributed by atoms with Crippen molar-refractivity contribution >= 4 is 17.5 Å². The number of carbonyl (C=O) groups is 2. The molecule has 1 aliphatic rings. The van der Waals surface area contributed by atoms with Gasteiger partial charge in [-0.3, -0.25) is 9.59 Å². The van der Waals surface area contributed by atoms with E-state index in [1.807, 2.05) is 56.1 Å². The molecule has 2 amide bonds. The summed E-state index contributed by atoms with van der Waals surface area (Å²) >= 11 is 0. The van der Waals surface area contributed by atoms with Crippen molar-refractivity contribution in [3.8, 4) is 11.5 Å². The summed E-state index contributed by atoms with van der Waals surface area (Å²) < 4.78 is 10.8. The number of fused-ring (bicyclic) bond motifs is 1. The number of methoxy groups -OCH3 is 2. The number of rotatable bonds is 7. The van der Waals surface area contributed by atoms with Gasteiger partial charge in [-0.1, -0.05) is 12.1 Å². The molecule has 0 aliphatic carbocycles. The van der Waals surface area contributed by atoms with Crippen molar-refractivity contribution in [1.29, 1.82) is 0 Å². The van der Waals surface area contributed by atoms with Crippen LogP contribution in [-0.2, 0) is 22.6 Å². The molecule has 166 valence electrons. The van der Waals surface area contributed by atoms with Gasteiger partial charge in [0.05, 0.1) is 21.3 Å². The van der Waals surface area contributed by atoms with Crippen LogP contribution in [-0.4, -0.2) is 57.6 Å². The minimum Gasteiger partial charge on any atom is -0.493 e. The average molecular weight is 427 g/mol. The monoisotopic (exact) mass is 426 g/mol. The van der Waals surface area contributed by atoms with E-state index in [0.717, 1.165) is 33.7 Å². The Morgan fingerprint density at radius 1 is 1.06 bits per heavy atom. The van der Waals surface area contributed by atoms with Gasteiger partial charge in [0, 0.05) is 18.8 Å². The van der Waals surface area contributed by atoms with E-state index in [-0.39, 0.29) is 24.9 Å². The predicted molar refractivity (Wildman–Crippen MR) is 120 cm³/mol. The standard InChI is InChI=1S/C24H31N3O4/c1-16-7-6-8-20(17(16)2)25-23(28)14-26(3)15-24(29)27-10-9-18-11-21(30-4)22(31-5)12-19(18)13-27/h6-8,11-12H,9-10,13-15H2,1-5H3,(H,25,28)/p+1. The van der Waals surface area contributed by atoms with Crippen LogP contribution in [0.15, 0.2) is 30.3 Å². The lowest BCUT2D eigenvalue weighted by atomic mass is 9.98. The van der Waals surface area contributed by atoms with Crippen LogP contribution in [0.3, 0.4) is 0 Å². The van der Waals surface area contributed by atoms with E-state index < -0.39 is 0 Å². The number of ether oxygens (including phenoxy) is 2. The highest BCUT2D eigenvalue weighted by molar-refractivity contribution is 5.92. The van der Waals surface area contributed by atoms with Crippen LogP contribution >= 0.6 is 0 Å². The third-order valence-electron chi connectivity index (χ3n) is 5.86. The molecular weight excluding hydrogens is 394 g/mol. The molecule has 0 fully saturated rings. The van der Waals surface area contributed by atoms with Gasteiger partial charge in [0.1, 0.15) is 0 Å². The molecule has 0 saturated heterocycles. The summed E-state index contributed by atoms with van der Waals surface area (Å²) in [6, 6.07) is 9.78. The Morgan fingerprint density at radius 2 is 1.74 bits per heavy atom. The molecule has 2 aromatic rings. The Labute approximate surface area is 183 Å². The molecule has 31 heavy (non-hydrogen) atoms. The summed E-state index contributed by atoms with van der Waals surface area (Å²) in [6.07, 6.45) is 0.771. The highest BCUT2D eigenvalue weighted by Gasteiger charge is 2.25. The smallest absolute Gasteiger partial charge is 0.279 e. The van der Waals surface area contributed by atoms with Crippen LogP contribution in [0.4, 0.5) is 5.69 Å². The average Bonchev–Trinajstić information content (AvgIpc) is 2.75. The van der Waals surface area contributed by atoms with Gasteiger partial charge in [-0.05, 0) is 60.7 Å². The minimum absolute atomic E-state index is 0.0393. The highest BCUT2D eigenvalue weighted by atomic mass is 16.5. The molecular formula is C24H32N3O4+. The van der Waals surface area contributed by atoms with Crippen LogP contribution in [0.25, 0.3) is 0 Å². The van der Waals surface area contributed by atoms with Crippen molar-refractivity contribution in [2.24, 2.45) is 0 Å².